The van der Waals surface area contributed by atoms with E-state index >= 15 is 0 Å². The molecule has 0 bridgehead atoms. The van der Waals surface area contributed by atoms with E-state index in [4.69, 9.17) is 11.6 Å². The summed E-state index contributed by atoms with van der Waals surface area (Å²) in [6, 6.07) is 8.05. The first-order chi connectivity index (χ1) is 7.93. The van der Waals surface area contributed by atoms with Crippen molar-refractivity contribution in [2.24, 2.45) is 0 Å². The van der Waals surface area contributed by atoms with Crippen molar-refractivity contribution in [2.75, 3.05) is 20.1 Å². The molecule has 0 aliphatic carbocycles. The first-order valence-electron chi connectivity index (χ1n) is 6.11. The van der Waals surface area contributed by atoms with Crippen LogP contribution >= 0.6 is 11.6 Å². The molecule has 0 unspecified atom stereocenters. The monoisotopic (exact) mass is 254 g/mol. The standard InChI is InChI=1S/C14H23ClN2/c1-5-16-14(2,3)11-17(4)10-12-6-8-13(15)9-7-12/h6-9,16H,5,10-11H2,1-4H3. The molecule has 0 saturated carbocycles. The van der Waals surface area contributed by atoms with Crippen molar-refractivity contribution in [2.45, 2.75) is 32.9 Å². The van der Waals surface area contributed by atoms with E-state index < -0.39 is 0 Å². The van der Waals surface area contributed by atoms with E-state index in [9.17, 15) is 0 Å². The molecule has 3 heteroatoms. The van der Waals surface area contributed by atoms with Crippen molar-refractivity contribution in [1.29, 1.82) is 0 Å². The Balaban J connectivity index is 2.49. The van der Waals surface area contributed by atoms with Crippen molar-refractivity contribution in [3.05, 3.63) is 34.9 Å². The molecule has 0 atom stereocenters. The van der Waals surface area contributed by atoms with E-state index in [1.54, 1.807) is 0 Å². The van der Waals surface area contributed by atoms with Crippen molar-refractivity contribution >= 4 is 11.6 Å². The fourth-order valence-corrected chi connectivity index (χ4v) is 2.29. The van der Waals surface area contributed by atoms with Gasteiger partial charge < -0.3 is 10.2 Å². The Kier molecular flexibility index (Phi) is 5.44. The Morgan fingerprint density at radius 1 is 1.24 bits per heavy atom. The van der Waals surface area contributed by atoms with Crippen LogP contribution in [0.5, 0.6) is 0 Å². The minimum absolute atomic E-state index is 0.149. The molecule has 0 saturated heterocycles. The van der Waals surface area contributed by atoms with Gasteiger partial charge in [0.05, 0.1) is 0 Å². The third-order valence-corrected chi connectivity index (χ3v) is 2.94. The van der Waals surface area contributed by atoms with Crippen molar-refractivity contribution in [3.63, 3.8) is 0 Å². The largest absolute Gasteiger partial charge is 0.311 e. The van der Waals surface area contributed by atoms with Crippen LogP contribution in [0, 0.1) is 0 Å². The van der Waals surface area contributed by atoms with Crippen LogP contribution in [0.25, 0.3) is 0 Å². The van der Waals surface area contributed by atoms with Crippen molar-refractivity contribution < 1.29 is 0 Å². The number of halogens is 1. The smallest absolute Gasteiger partial charge is 0.0406 e. The maximum Gasteiger partial charge on any atom is 0.0406 e. The van der Waals surface area contributed by atoms with Crippen LogP contribution in [0.3, 0.4) is 0 Å². The molecule has 0 aromatic heterocycles. The van der Waals surface area contributed by atoms with Crippen LogP contribution in [0.15, 0.2) is 24.3 Å². The van der Waals surface area contributed by atoms with E-state index in [1.165, 1.54) is 5.56 Å². The van der Waals surface area contributed by atoms with Crippen molar-refractivity contribution in [3.8, 4) is 0 Å². The summed E-state index contributed by atoms with van der Waals surface area (Å²) in [5.41, 5.74) is 1.44. The number of nitrogens with zero attached hydrogens (tertiary/aromatic N) is 1. The zero-order chi connectivity index (χ0) is 12.9. The molecule has 17 heavy (non-hydrogen) atoms. The molecule has 0 fully saturated rings. The van der Waals surface area contributed by atoms with E-state index in [0.29, 0.717) is 0 Å². The Morgan fingerprint density at radius 2 is 1.82 bits per heavy atom. The predicted octanol–water partition coefficient (Wildman–Crippen LogP) is 3.16. The van der Waals surface area contributed by atoms with Gasteiger partial charge in [0.25, 0.3) is 0 Å². The van der Waals surface area contributed by atoms with Gasteiger partial charge in [-0.25, -0.2) is 0 Å². The lowest BCUT2D eigenvalue weighted by Crippen LogP contribution is -2.47. The molecule has 0 aliphatic heterocycles. The molecule has 1 rings (SSSR count). The van der Waals surface area contributed by atoms with Gasteiger partial charge in [-0.2, -0.15) is 0 Å². The fourth-order valence-electron chi connectivity index (χ4n) is 2.17. The van der Waals surface area contributed by atoms with Crippen LogP contribution in [0.4, 0.5) is 0 Å². The van der Waals surface area contributed by atoms with Gasteiger partial charge in [-0.1, -0.05) is 30.7 Å². The van der Waals surface area contributed by atoms with E-state index in [2.05, 4.69) is 50.2 Å². The van der Waals surface area contributed by atoms with Gasteiger partial charge in [0.15, 0.2) is 0 Å². The molecule has 0 radical (unpaired) electrons. The van der Waals surface area contributed by atoms with Gasteiger partial charge in [-0.3, -0.25) is 0 Å². The van der Waals surface area contributed by atoms with Gasteiger partial charge in [0, 0.05) is 23.7 Å². The molecule has 0 aliphatic rings. The quantitative estimate of drug-likeness (QED) is 0.839. The average Bonchev–Trinajstić information content (AvgIpc) is 2.20. The molecule has 96 valence electrons. The molecule has 2 nitrogen and oxygen atoms in total. The fraction of sp³-hybridized carbons (Fsp3) is 0.571. The zero-order valence-electron chi connectivity index (χ0n) is 11.3. The van der Waals surface area contributed by atoms with Crippen LogP contribution in [-0.4, -0.2) is 30.6 Å². The normalized spacial score (nSPS) is 12.1. The molecule has 0 heterocycles. The van der Waals surface area contributed by atoms with E-state index in [1.807, 2.05) is 12.1 Å². The Morgan fingerprint density at radius 3 is 2.35 bits per heavy atom. The average molecular weight is 255 g/mol. The Labute approximate surface area is 110 Å². The number of nitrogens with one attached hydrogen (secondary N) is 1. The summed E-state index contributed by atoms with van der Waals surface area (Å²) in [7, 11) is 2.15. The molecule has 0 amide bonds. The second kappa shape index (κ2) is 6.39. The number of benzene rings is 1. The van der Waals surface area contributed by atoms with Crippen LogP contribution in [-0.2, 0) is 6.54 Å². The summed E-state index contributed by atoms with van der Waals surface area (Å²) in [5, 5.41) is 4.28. The number of hydrogen-bond acceptors (Lipinski definition) is 2. The summed E-state index contributed by atoms with van der Waals surface area (Å²) < 4.78 is 0. The first kappa shape index (κ1) is 14.5. The van der Waals surface area contributed by atoms with Gasteiger partial charge in [0.2, 0.25) is 0 Å². The third kappa shape index (κ3) is 5.53. The van der Waals surface area contributed by atoms with E-state index in [-0.39, 0.29) is 5.54 Å². The summed E-state index contributed by atoms with van der Waals surface area (Å²) >= 11 is 5.87. The Hall–Kier alpha value is -0.570. The summed E-state index contributed by atoms with van der Waals surface area (Å²) in [6.07, 6.45) is 0. The summed E-state index contributed by atoms with van der Waals surface area (Å²) in [6.45, 7) is 9.57. The lowest BCUT2D eigenvalue weighted by atomic mass is 10.0. The van der Waals surface area contributed by atoms with E-state index in [0.717, 1.165) is 24.7 Å². The maximum absolute atomic E-state index is 5.87. The maximum atomic E-state index is 5.87. The molecule has 0 spiro atoms. The lowest BCUT2D eigenvalue weighted by Gasteiger charge is -2.31. The van der Waals surface area contributed by atoms with Gasteiger partial charge in [-0.15, -0.1) is 0 Å². The predicted molar refractivity (Wildman–Crippen MR) is 75.5 cm³/mol. The SMILES string of the molecule is CCNC(C)(C)CN(C)Cc1ccc(Cl)cc1. The van der Waals surface area contributed by atoms with Gasteiger partial charge >= 0.3 is 0 Å². The van der Waals surface area contributed by atoms with Crippen LogP contribution in [0.1, 0.15) is 26.3 Å². The summed E-state index contributed by atoms with van der Waals surface area (Å²) in [4.78, 5) is 2.33. The third-order valence-electron chi connectivity index (χ3n) is 2.69. The first-order valence-corrected chi connectivity index (χ1v) is 6.49. The second-order valence-electron chi connectivity index (χ2n) is 5.21. The molecule has 1 aromatic rings. The lowest BCUT2D eigenvalue weighted by molar-refractivity contribution is 0.231. The zero-order valence-corrected chi connectivity index (χ0v) is 12.0. The highest BCUT2D eigenvalue weighted by molar-refractivity contribution is 6.30. The number of likely N-dealkylation sites (N-methyl/N-ethyl adjacent to an activating group) is 2. The highest BCUT2D eigenvalue weighted by Crippen LogP contribution is 2.12. The second-order valence-corrected chi connectivity index (χ2v) is 5.65. The summed E-state index contributed by atoms with van der Waals surface area (Å²) in [5.74, 6) is 0. The number of hydrogen-bond donors (Lipinski definition) is 1. The van der Waals surface area contributed by atoms with Crippen LogP contribution < -0.4 is 5.32 Å². The topological polar surface area (TPSA) is 15.3 Å². The molecular weight excluding hydrogens is 232 g/mol. The highest BCUT2D eigenvalue weighted by atomic mass is 35.5. The highest BCUT2D eigenvalue weighted by Gasteiger charge is 2.18. The Bertz CT molecular complexity index is 333. The van der Waals surface area contributed by atoms with Gasteiger partial charge in [-0.05, 0) is 45.1 Å². The molecule has 1 aromatic carbocycles. The van der Waals surface area contributed by atoms with Crippen LogP contribution in [0.2, 0.25) is 5.02 Å². The minimum Gasteiger partial charge on any atom is -0.311 e. The van der Waals surface area contributed by atoms with Gasteiger partial charge in [0.1, 0.15) is 0 Å². The minimum atomic E-state index is 0.149. The molecular formula is C14H23ClN2. The molecule has 1 N–H and O–H groups in total. The number of rotatable bonds is 6. The van der Waals surface area contributed by atoms with Crippen molar-refractivity contribution in [1.82, 2.24) is 10.2 Å².